The zero-order valence-electron chi connectivity index (χ0n) is 15.3. The maximum Gasteiger partial charge on any atom is 0.253 e. The van der Waals surface area contributed by atoms with Crippen molar-refractivity contribution in [2.24, 2.45) is 5.41 Å². The van der Waals surface area contributed by atoms with Crippen LogP contribution >= 0.6 is 0 Å². The van der Waals surface area contributed by atoms with Gasteiger partial charge in [-0.15, -0.1) is 0 Å². The van der Waals surface area contributed by atoms with Crippen LogP contribution in [0.25, 0.3) is 5.69 Å². The lowest BCUT2D eigenvalue weighted by Crippen LogP contribution is -2.32. The summed E-state index contributed by atoms with van der Waals surface area (Å²) in [4.78, 5) is 21.2. The summed E-state index contributed by atoms with van der Waals surface area (Å²) in [7, 11) is 0. The van der Waals surface area contributed by atoms with Gasteiger partial charge in [-0.2, -0.15) is 5.10 Å². The van der Waals surface area contributed by atoms with E-state index in [2.05, 4.69) is 41.2 Å². The molecule has 0 saturated heterocycles. The van der Waals surface area contributed by atoms with Crippen molar-refractivity contribution >= 4 is 5.91 Å². The van der Waals surface area contributed by atoms with E-state index in [0.717, 1.165) is 12.0 Å². The normalized spacial score (nSPS) is 12.6. The van der Waals surface area contributed by atoms with E-state index in [9.17, 15) is 4.79 Å². The smallest absolute Gasteiger partial charge is 0.253 e. The van der Waals surface area contributed by atoms with Gasteiger partial charge in [-0.1, -0.05) is 39.0 Å². The fraction of sp³-hybridized carbons (Fsp3) is 0.300. The minimum atomic E-state index is -0.144. The van der Waals surface area contributed by atoms with Gasteiger partial charge < -0.3 is 5.32 Å². The van der Waals surface area contributed by atoms with Gasteiger partial charge in [0.25, 0.3) is 5.91 Å². The van der Waals surface area contributed by atoms with Gasteiger partial charge in [0.2, 0.25) is 0 Å². The number of hydrogen-bond acceptors (Lipinski definition) is 4. The third-order valence-corrected chi connectivity index (χ3v) is 4.02. The van der Waals surface area contributed by atoms with Crippen LogP contribution in [0, 0.1) is 5.41 Å². The summed E-state index contributed by atoms with van der Waals surface area (Å²) in [6.07, 6.45) is 7.38. The molecule has 2 aromatic heterocycles. The van der Waals surface area contributed by atoms with Crippen LogP contribution in [0.4, 0.5) is 0 Å². The van der Waals surface area contributed by atoms with E-state index in [-0.39, 0.29) is 17.4 Å². The molecule has 1 unspecified atom stereocenters. The standard InChI is InChI=1S/C20H23N5O/c1-20(2,3)11-17(15-7-6-10-21-12-15)24-19(26)16-8-4-5-9-18(16)25-14-22-13-23-25/h4-10,12-14,17H,11H2,1-3H3,(H,24,26). The highest BCUT2D eigenvalue weighted by atomic mass is 16.1. The molecule has 3 aromatic rings. The molecule has 3 rings (SSSR count). The minimum Gasteiger partial charge on any atom is -0.345 e. The maximum absolute atomic E-state index is 13.0. The average Bonchev–Trinajstić information content (AvgIpc) is 3.15. The molecule has 134 valence electrons. The molecule has 1 N–H and O–H groups in total. The summed E-state index contributed by atoms with van der Waals surface area (Å²) in [5.41, 5.74) is 2.30. The van der Waals surface area contributed by atoms with Gasteiger partial charge in [0.05, 0.1) is 17.3 Å². The molecule has 1 amide bonds. The van der Waals surface area contributed by atoms with Crippen LogP contribution in [-0.2, 0) is 0 Å². The highest BCUT2D eigenvalue weighted by molar-refractivity contribution is 5.98. The highest BCUT2D eigenvalue weighted by Gasteiger charge is 2.24. The van der Waals surface area contributed by atoms with Crippen molar-refractivity contribution in [1.82, 2.24) is 25.1 Å². The van der Waals surface area contributed by atoms with Crippen molar-refractivity contribution < 1.29 is 4.79 Å². The summed E-state index contributed by atoms with van der Waals surface area (Å²) in [6.45, 7) is 6.48. The molecule has 6 nitrogen and oxygen atoms in total. The zero-order valence-corrected chi connectivity index (χ0v) is 15.3. The second kappa shape index (κ2) is 7.47. The van der Waals surface area contributed by atoms with Gasteiger partial charge >= 0.3 is 0 Å². The number of para-hydroxylation sites is 1. The van der Waals surface area contributed by atoms with E-state index in [1.807, 2.05) is 30.3 Å². The third-order valence-electron chi connectivity index (χ3n) is 4.02. The molecule has 0 aliphatic carbocycles. The summed E-state index contributed by atoms with van der Waals surface area (Å²) < 4.78 is 1.59. The first kappa shape index (κ1) is 17.8. The monoisotopic (exact) mass is 349 g/mol. The van der Waals surface area contributed by atoms with Crippen LogP contribution in [0.3, 0.4) is 0 Å². The van der Waals surface area contributed by atoms with Gasteiger partial charge in [-0.25, -0.2) is 9.67 Å². The van der Waals surface area contributed by atoms with E-state index in [1.54, 1.807) is 29.5 Å². The van der Waals surface area contributed by atoms with Crippen molar-refractivity contribution in [3.05, 3.63) is 72.6 Å². The molecule has 6 heteroatoms. The lowest BCUT2D eigenvalue weighted by atomic mass is 9.85. The Hall–Kier alpha value is -3.02. The first-order valence-corrected chi connectivity index (χ1v) is 8.59. The number of benzene rings is 1. The van der Waals surface area contributed by atoms with Gasteiger partial charge in [-0.05, 0) is 35.6 Å². The van der Waals surface area contributed by atoms with Gasteiger partial charge in [0, 0.05) is 12.4 Å². The lowest BCUT2D eigenvalue weighted by molar-refractivity contribution is 0.0926. The molecule has 0 spiro atoms. The Morgan fingerprint density at radius 2 is 1.96 bits per heavy atom. The number of nitrogens with one attached hydrogen (secondary N) is 1. The molecule has 0 saturated carbocycles. The van der Waals surface area contributed by atoms with E-state index < -0.39 is 0 Å². The quantitative estimate of drug-likeness (QED) is 0.764. The van der Waals surface area contributed by atoms with E-state index in [4.69, 9.17) is 0 Å². The van der Waals surface area contributed by atoms with Crippen molar-refractivity contribution in [3.63, 3.8) is 0 Å². The molecular weight excluding hydrogens is 326 g/mol. The van der Waals surface area contributed by atoms with Gasteiger partial charge in [0.1, 0.15) is 12.7 Å². The lowest BCUT2D eigenvalue weighted by Gasteiger charge is -2.27. The fourth-order valence-corrected chi connectivity index (χ4v) is 2.88. The maximum atomic E-state index is 13.0. The van der Waals surface area contributed by atoms with E-state index in [1.165, 1.54) is 6.33 Å². The van der Waals surface area contributed by atoms with Crippen molar-refractivity contribution in [3.8, 4) is 5.69 Å². The summed E-state index contributed by atoms with van der Waals surface area (Å²) >= 11 is 0. The van der Waals surface area contributed by atoms with E-state index >= 15 is 0 Å². The number of rotatable bonds is 5. The van der Waals surface area contributed by atoms with Crippen molar-refractivity contribution in [2.45, 2.75) is 33.2 Å². The van der Waals surface area contributed by atoms with Crippen LogP contribution in [0.1, 0.15) is 49.2 Å². The Morgan fingerprint density at radius 1 is 1.15 bits per heavy atom. The molecule has 2 heterocycles. The van der Waals surface area contributed by atoms with Crippen molar-refractivity contribution in [1.29, 1.82) is 0 Å². The van der Waals surface area contributed by atoms with Gasteiger partial charge in [-0.3, -0.25) is 9.78 Å². The predicted molar refractivity (Wildman–Crippen MR) is 99.9 cm³/mol. The van der Waals surface area contributed by atoms with Crippen molar-refractivity contribution in [2.75, 3.05) is 0 Å². The van der Waals surface area contributed by atoms with Gasteiger partial charge in [0.15, 0.2) is 0 Å². The van der Waals surface area contributed by atoms with Crippen LogP contribution in [0.2, 0.25) is 0 Å². The molecule has 0 fully saturated rings. The molecule has 1 atom stereocenters. The largest absolute Gasteiger partial charge is 0.345 e. The Morgan fingerprint density at radius 3 is 2.62 bits per heavy atom. The first-order valence-electron chi connectivity index (χ1n) is 8.59. The zero-order chi connectivity index (χ0) is 18.6. The molecule has 0 aliphatic rings. The molecule has 26 heavy (non-hydrogen) atoms. The number of hydrogen-bond donors (Lipinski definition) is 1. The Kier molecular flexibility index (Phi) is 5.11. The summed E-state index contributed by atoms with van der Waals surface area (Å²) in [5, 5.41) is 7.31. The average molecular weight is 349 g/mol. The number of pyridine rings is 1. The number of carbonyl (C=O) groups is 1. The highest BCUT2D eigenvalue weighted by Crippen LogP contribution is 2.29. The summed E-state index contributed by atoms with van der Waals surface area (Å²) in [5.74, 6) is -0.144. The molecule has 1 aromatic carbocycles. The number of amides is 1. The predicted octanol–water partition coefficient (Wildman–Crippen LogP) is 3.57. The van der Waals surface area contributed by atoms with Crippen LogP contribution in [0.15, 0.2) is 61.4 Å². The molecular formula is C20H23N5O. The second-order valence-corrected chi connectivity index (χ2v) is 7.43. The number of carbonyl (C=O) groups excluding carboxylic acids is 1. The van der Waals surface area contributed by atoms with E-state index in [0.29, 0.717) is 11.3 Å². The number of aromatic nitrogens is 4. The minimum absolute atomic E-state index is 0.0548. The Labute approximate surface area is 153 Å². The van der Waals surface area contributed by atoms with Crippen LogP contribution < -0.4 is 5.32 Å². The fourth-order valence-electron chi connectivity index (χ4n) is 2.88. The SMILES string of the molecule is CC(C)(C)CC(NC(=O)c1ccccc1-n1cncn1)c1cccnc1. The van der Waals surface area contributed by atoms with Crippen LogP contribution in [-0.4, -0.2) is 25.7 Å². The Balaban J connectivity index is 1.89. The first-order chi connectivity index (χ1) is 12.4. The second-order valence-electron chi connectivity index (χ2n) is 7.43. The molecule has 0 radical (unpaired) electrons. The van der Waals surface area contributed by atoms with Crippen LogP contribution in [0.5, 0.6) is 0 Å². The molecule has 0 bridgehead atoms. The topological polar surface area (TPSA) is 72.7 Å². The Bertz CT molecular complexity index is 853. The summed E-state index contributed by atoms with van der Waals surface area (Å²) in [6, 6.07) is 11.1. The third kappa shape index (κ3) is 4.33. The molecule has 0 aliphatic heterocycles. The number of nitrogens with zero attached hydrogens (tertiary/aromatic N) is 4.